The van der Waals surface area contributed by atoms with Gasteiger partial charge in [-0.15, -0.1) is 11.3 Å². The molecule has 0 saturated carbocycles. The Morgan fingerprint density at radius 2 is 2.14 bits per heavy atom. The summed E-state index contributed by atoms with van der Waals surface area (Å²) in [6, 6.07) is 6.23. The lowest BCUT2D eigenvalue weighted by Crippen LogP contribution is -2.10. The molecule has 108 valence electrons. The van der Waals surface area contributed by atoms with Gasteiger partial charge in [0.1, 0.15) is 5.82 Å². The third kappa shape index (κ3) is 3.69. The van der Waals surface area contributed by atoms with Crippen LogP contribution in [0.1, 0.15) is 25.7 Å². The van der Waals surface area contributed by atoms with Gasteiger partial charge in [-0.05, 0) is 43.7 Å². The average molecular weight is 302 g/mol. The fraction of sp³-hybridized carbons (Fsp3) is 0.188. The Balaban J connectivity index is 2.16. The molecule has 3 nitrogen and oxygen atoms in total. The Kier molecular flexibility index (Phi) is 4.73. The molecule has 1 aromatic carbocycles. The molecule has 0 radical (unpaired) electrons. The number of hydrogen-bond acceptors (Lipinski definition) is 3. The van der Waals surface area contributed by atoms with Gasteiger partial charge in [0.25, 0.3) is 5.91 Å². The van der Waals surface area contributed by atoms with E-state index in [1.165, 1.54) is 23.5 Å². The minimum atomic E-state index is -0.479. The second kappa shape index (κ2) is 6.53. The third-order valence-corrected chi connectivity index (χ3v) is 4.09. The van der Waals surface area contributed by atoms with Gasteiger partial charge in [0.05, 0.1) is 17.0 Å². The van der Waals surface area contributed by atoms with Crippen LogP contribution in [0, 0.1) is 31.5 Å². The van der Waals surface area contributed by atoms with Gasteiger partial charge >= 0.3 is 0 Å². The van der Waals surface area contributed by atoms with Gasteiger partial charge in [-0.1, -0.05) is 11.8 Å². The summed E-state index contributed by atoms with van der Waals surface area (Å²) in [7, 11) is 0. The van der Waals surface area contributed by atoms with Gasteiger partial charge in [0.15, 0.2) is 0 Å². The first-order valence-electron chi connectivity index (χ1n) is 6.38. The number of anilines is 1. The summed E-state index contributed by atoms with van der Waals surface area (Å²) >= 11 is 1.42. The summed E-state index contributed by atoms with van der Waals surface area (Å²) in [5.74, 6) is 4.51. The number of nitrogens with one attached hydrogen (secondary N) is 1. The zero-order chi connectivity index (χ0) is 15.4. The van der Waals surface area contributed by atoms with E-state index in [1.54, 1.807) is 6.07 Å². The highest BCUT2D eigenvalue weighted by Crippen LogP contribution is 2.22. The van der Waals surface area contributed by atoms with Gasteiger partial charge in [-0.25, -0.2) is 4.39 Å². The van der Waals surface area contributed by atoms with E-state index in [0.717, 1.165) is 10.4 Å². The van der Waals surface area contributed by atoms with Crippen LogP contribution in [0.5, 0.6) is 0 Å². The van der Waals surface area contributed by atoms with Crippen molar-refractivity contribution < 1.29 is 9.18 Å². The average Bonchev–Trinajstić information content (AvgIpc) is 2.78. The molecule has 0 aliphatic heterocycles. The summed E-state index contributed by atoms with van der Waals surface area (Å²) in [4.78, 5) is 13.8. The fourth-order valence-corrected chi connectivity index (χ4v) is 2.65. The maximum Gasteiger partial charge on any atom is 0.265 e. The highest BCUT2D eigenvalue weighted by Gasteiger charge is 2.11. The lowest BCUT2D eigenvalue weighted by molar-refractivity contribution is 0.103. The molecule has 1 heterocycles. The number of thiophene rings is 1. The number of halogens is 1. The molecule has 0 saturated heterocycles. The Labute approximate surface area is 127 Å². The molecule has 0 unspecified atom stereocenters. The quantitative estimate of drug-likeness (QED) is 0.838. The highest BCUT2D eigenvalue weighted by atomic mass is 32.1. The first kappa shape index (κ1) is 15.2. The Morgan fingerprint density at radius 3 is 2.71 bits per heavy atom. The van der Waals surface area contributed by atoms with Gasteiger partial charge in [0, 0.05) is 10.6 Å². The van der Waals surface area contributed by atoms with Crippen LogP contribution in [0.2, 0.25) is 0 Å². The van der Waals surface area contributed by atoms with Crippen molar-refractivity contribution in [2.45, 2.75) is 13.8 Å². The van der Waals surface area contributed by atoms with E-state index in [0.29, 0.717) is 10.6 Å². The van der Waals surface area contributed by atoms with Crippen molar-refractivity contribution in [2.24, 2.45) is 5.73 Å². The number of carbonyl (C=O) groups is 1. The number of hydrogen-bond donors (Lipinski definition) is 2. The van der Waals surface area contributed by atoms with Crippen LogP contribution in [0.3, 0.4) is 0 Å². The molecule has 2 rings (SSSR count). The number of carbonyl (C=O) groups excluding carboxylic acids is 1. The zero-order valence-corrected chi connectivity index (χ0v) is 12.6. The smallest absolute Gasteiger partial charge is 0.265 e. The Morgan fingerprint density at radius 1 is 1.38 bits per heavy atom. The molecule has 0 atom stereocenters. The topological polar surface area (TPSA) is 55.1 Å². The molecular formula is C16H15FN2OS. The van der Waals surface area contributed by atoms with Crippen molar-refractivity contribution in [3.8, 4) is 11.8 Å². The van der Waals surface area contributed by atoms with Crippen LogP contribution in [0.25, 0.3) is 0 Å². The lowest BCUT2D eigenvalue weighted by atomic mass is 10.2. The number of nitrogens with two attached hydrogens (primary N) is 1. The number of benzene rings is 1. The molecular weight excluding hydrogens is 287 g/mol. The summed E-state index contributed by atoms with van der Waals surface area (Å²) in [5.41, 5.74) is 6.99. The lowest BCUT2D eigenvalue weighted by Gasteiger charge is -2.04. The van der Waals surface area contributed by atoms with Gasteiger partial charge in [0.2, 0.25) is 0 Å². The normalized spacial score (nSPS) is 9.90. The van der Waals surface area contributed by atoms with E-state index in [1.807, 2.05) is 19.9 Å². The van der Waals surface area contributed by atoms with Crippen molar-refractivity contribution in [2.75, 3.05) is 11.9 Å². The van der Waals surface area contributed by atoms with Crippen LogP contribution >= 0.6 is 11.3 Å². The summed E-state index contributed by atoms with van der Waals surface area (Å²) in [6.45, 7) is 4.09. The van der Waals surface area contributed by atoms with Gasteiger partial charge in [-0.2, -0.15) is 0 Å². The Bertz CT molecular complexity index is 721. The third-order valence-electron chi connectivity index (χ3n) is 2.94. The van der Waals surface area contributed by atoms with Crippen molar-refractivity contribution >= 4 is 22.9 Å². The summed E-state index contributed by atoms with van der Waals surface area (Å²) in [5, 5.41) is 2.68. The predicted molar refractivity (Wildman–Crippen MR) is 84.1 cm³/mol. The maximum atomic E-state index is 13.8. The zero-order valence-electron chi connectivity index (χ0n) is 11.8. The van der Waals surface area contributed by atoms with Crippen LogP contribution < -0.4 is 11.1 Å². The summed E-state index contributed by atoms with van der Waals surface area (Å²) in [6.07, 6.45) is 0. The minimum absolute atomic E-state index is 0.176. The first-order chi connectivity index (χ1) is 10.0. The molecule has 3 N–H and O–H groups in total. The fourth-order valence-electron chi connectivity index (χ4n) is 1.72. The molecule has 21 heavy (non-hydrogen) atoms. The molecule has 0 aliphatic carbocycles. The number of rotatable bonds is 2. The second-order valence-electron chi connectivity index (χ2n) is 4.50. The SMILES string of the molecule is Cc1cc(C(=O)Nc2ccc(C#CCN)c(F)c2)sc1C. The van der Waals surface area contributed by atoms with Crippen LogP contribution in [-0.2, 0) is 0 Å². The van der Waals surface area contributed by atoms with Gasteiger partial charge in [-0.3, -0.25) is 4.79 Å². The highest BCUT2D eigenvalue weighted by molar-refractivity contribution is 7.14. The van der Waals surface area contributed by atoms with E-state index in [9.17, 15) is 9.18 Å². The molecule has 1 aromatic heterocycles. The van der Waals surface area contributed by atoms with Crippen LogP contribution in [0.4, 0.5) is 10.1 Å². The molecule has 1 amide bonds. The second-order valence-corrected chi connectivity index (χ2v) is 5.76. The predicted octanol–water partition coefficient (Wildman–Crippen LogP) is 3.07. The van der Waals surface area contributed by atoms with E-state index in [-0.39, 0.29) is 18.0 Å². The molecule has 0 bridgehead atoms. The van der Waals surface area contributed by atoms with Crippen LogP contribution in [-0.4, -0.2) is 12.5 Å². The minimum Gasteiger partial charge on any atom is -0.321 e. The van der Waals surface area contributed by atoms with Crippen molar-refractivity contribution in [1.82, 2.24) is 0 Å². The maximum absolute atomic E-state index is 13.8. The molecule has 0 aliphatic rings. The van der Waals surface area contributed by atoms with Crippen molar-refractivity contribution in [3.63, 3.8) is 0 Å². The molecule has 5 heteroatoms. The van der Waals surface area contributed by atoms with Gasteiger partial charge < -0.3 is 11.1 Å². The van der Waals surface area contributed by atoms with E-state index < -0.39 is 5.82 Å². The Hall–Kier alpha value is -2.16. The first-order valence-corrected chi connectivity index (χ1v) is 7.20. The standard InChI is InChI=1S/C16H15FN2OS/c1-10-8-15(21-11(10)2)16(20)19-13-6-5-12(4-3-7-18)14(17)9-13/h5-6,8-9H,7,18H2,1-2H3,(H,19,20). The molecule has 0 spiro atoms. The van der Waals surface area contributed by atoms with Crippen molar-refractivity contribution in [3.05, 3.63) is 51.0 Å². The largest absolute Gasteiger partial charge is 0.321 e. The van der Waals surface area contributed by atoms with E-state index in [2.05, 4.69) is 17.2 Å². The summed E-state index contributed by atoms with van der Waals surface area (Å²) < 4.78 is 13.8. The number of amides is 1. The van der Waals surface area contributed by atoms with E-state index >= 15 is 0 Å². The van der Waals surface area contributed by atoms with Crippen LogP contribution in [0.15, 0.2) is 24.3 Å². The monoisotopic (exact) mass is 302 g/mol. The van der Waals surface area contributed by atoms with Crippen molar-refractivity contribution in [1.29, 1.82) is 0 Å². The number of aryl methyl sites for hydroxylation is 2. The molecule has 2 aromatic rings. The van der Waals surface area contributed by atoms with E-state index in [4.69, 9.17) is 5.73 Å². The molecule has 0 fully saturated rings.